The maximum atomic E-state index is 12.3. The van der Waals surface area contributed by atoms with Gasteiger partial charge in [-0.25, -0.2) is 4.79 Å². The van der Waals surface area contributed by atoms with E-state index in [0.29, 0.717) is 12.8 Å². The standard InChI is InChI=1S/C10H15F3N2O/c11-10(12,13)6-15(8-4-5-8)9(16)14-7-2-1-3-7/h7-8H,1-6H2,(H,14,16). The molecule has 0 heterocycles. The molecule has 92 valence electrons. The van der Waals surface area contributed by atoms with Crippen LogP contribution in [-0.2, 0) is 0 Å². The Balaban J connectivity index is 1.87. The van der Waals surface area contributed by atoms with E-state index >= 15 is 0 Å². The lowest BCUT2D eigenvalue weighted by atomic mass is 9.93. The lowest BCUT2D eigenvalue weighted by Crippen LogP contribution is -2.50. The van der Waals surface area contributed by atoms with Crippen molar-refractivity contribution in [2.45, 2.75) is 50.4 Å². The minimum Gasteiger partial charge on any atom is -0.335 e. The van der Waals surface area contributed by atoms with Crippen molar-refractivity contribution in [2.75, 3.05) is 6.54 Å². The molecule has 6 heteroatoms. The molecule has 1 N–H and O–H groups in total. The van der Waals surface area contributed by atoms with E-state index in [0.717, 1.165) is 24.2 Å². The van der Waals surface area contributed by atoms with Crippen LogP contribution in [0.2, 0.25) is 0 Å². The van der Waals surface area contributed by atoms with Gasteiger partial charge in [-0.05, 0) is 32.1 Å². The number of nitrogens with zero attached hydrogens (tertiary/aromatic N) is 1. The summed E-state index contributed by atoms with van der Waals surface area (Å²) in [6.07, 6.45) is -0.109. The Labute approximate surface area is 92.0 Å². The number of urea groups is 1. The lowest BCUT2D eigenvalue weighted by molar-refractivity contribution is -0.141. The van der Waals surface area contributed by atoms with Gasteiger partial charge in [-0.3, -0.25) is 0 Å². The number of nitrogens with one attached hydrogen (secondary N) is 1. The van der Waals surface area contributed by atoms with Crippen LogP contribution in [0.25, 0.3) is 0 Å². The van der Waals surface area contributed by atoms with Gasteiger partial charge in [0.15, 0.2) is 0 Å². The van der Waals surface area contributed by atoms with Crippen LogP contribution in [0.15, 0.2) is 0 Å². The van der Waals surface area contributed by atoms with E-state index in [-0.39, 0.29) is 12.1 Å². The third-order valence-corrected chi connectivity index (χ3v) is 3.03. The molecule has 0 aromatic heterocycles. The topological polar surface area (TPSA) is 32.3 Å². The third-order valence-electron chi connectivity index (χ3n) is 3.03. The Morgan fingerprint density at radius 2 is 1.88 bits per heavy atom. The second-order valence-electron chi connectivity index (χ2n) is 4.55. The van der Waals surface area contributed by atoms with Crippen molar-refractivity contribution in [1.82, 2.24) is 10.2 Å². The first-order chi connectivity index (χ1) is 7.46. The van der Waals surface area contributed by atoms with Crippen molar-refractivity contribution in [1.29, 1.82) is 0 Å². The quantitative estimate of drug-likeness (QED) is 0.801. The molecule has 0 aromatic rings. The molecule has 0 radical (unpaired) electrons. The van der Waals surface area contributed by atoms with Crippen LogP contribution < -0.4 is 5.32 Å². The number of hydrogen-bond donors (Lipinski definition) is 1. The second-order valence-corrected chi connectivity index (χ2v) is 4.55. The van der Waals surface area contributed by atoms with Gasteiger partial charge in [0.05, 0.1) is 0 Å². The third kappa shape index (κ3) is 3.02. The number of amides is 2. The van der Waals surface area contributed by atoms with Gasteiger partial charge >= 0.3 is 12.2 Å². The molecule has 0 aromatic carbocycles. The lowest BCUT2D eigenvalue weighted by Gasteiger charge is -2.31. The van der Waals surface area contributed by atoms with E-state index in [1.54, 1.807) is 0 Å². The molecule has 2 aliphatic carbocycles. The van der Waals surface area contributed by atoms with Gasteiger partial charge in [-0.1, -0.05) is 0 Å². The van der Waals surface area contributed by atoms with Gasteiger partial charge in [-0.2, -0.15) is 13.2 Å². The fourth-order valence-corrected chi connectivity index (χ4v) is 1.76. The second kappa shape index (κ2) is 4.14. The van der Waals surface area contributed by atoms with E-state index in [9.17, 15) is 18.0 Å². The minimum absolute atomic E-state index is 0.0852. The van der Waals surface area contributed by atoms with Crippen molar-refractivity contribution in [3.05, 3.63) is 0 Å². The maximum Gasteiger partial charge on any atom is 0.406 e. The summed E-state index contributed by atoms with van der Waals surface area (Å²) in [6.45, 7) is -1.13. The zero-order chi connectivity index (χ0) is 11.8. The van der Waals surface area contributed by atoms with Gasteiger partial charge in [0, 0.05) is 12.1 Å². The largest absolute Gasteiger partial charge is 0.406 e. The van der Waals surface area contributed by atoms with Crippen molar-refractivity contribution in [2.24, 2.45) is 0 Å². The summed E-state index contributed by atoms with van der Waals surface area (Å²) >= 11 is 0. The monoisotopic (exact) mass is 236 g/mol. The van der Waals surface area contributed by atoms with Gasteiger partial charge in [-0.15, -0.1) is 0 Å². The molecule has 0 bridgehead atoms. The fraction of sp³-hybridized carbons (Fsp3) is 0.900. The van der Waals surface area contributed by atoms with Crippen molar-refractivity contribution < 1.29 is 18.0 Å². The van der Waals surface area contributed by atoms with Crippen LogP contribution in [0.1, 0.15) is 32.1 Å². The highest BCUT2D eigenvalue weighted by atomic mass is 19.4. The molecule has 0 aliphatic heterocycles. The summed E-state index contributed by atoms with van der Waals surface area (Å²) in [6, 6.07) is -0.673. The van der Waals surface area contributed by atoms with Crippen LogP contribution in [0, 0.1) is 0 Å². The Hall–Kier alpha value is -0.940. The van der Waals surface area contributed by atoms with E-state index in [4.69, 9.17) is 0 Å². The molecule has 0 saturated heterocycles. The van der Waals surface area contributed by atoms with E-state index in [2.05, 4.69) is 5.32 Å². The Morgan fingerprint density at radius 1 is 1.25 bits per heavy atom. The summed E-state index contributed by atoms with van der Waals surface area (Å²) < 4.78 is 36.8. The van der Waals surface area contributed by atoms with Gasteiger partial charge in [0.1, 0.15) is 6.54 Å². The Morgan fingerprint density at radius 3 is 2.25 bits per heavy atom. The van der Waals surface area contributed by atoms with Crippen molar-refractivity contribution in [3.63, 3.8) is 0 Å². The first kappa shape index (κ1) is 11.5. The number of alkyl halides is 3. The average Bonchev–Trinajstić information content (AvgIpc) is 2.88. The molecule has 0 unspecified atom stereocenters. The zero-order valence-corrected chi connectivity index (χ0v) is 8.89. The molecule has 2 amide bonds. The SMILES string of the molecule is O=C(NC1CCC1)N(CC(F)(F)F)C1CC1. The number of carbonyl (C=O) groups excluding carboxylic acids is 1. The molecular formula is C10H15F3N2O. The molecule has 16 heavy (non-hydrogen) atoms. The fourth-order valence-electron chi connectivity index (χ4n) is 1.76. The van der Waals surface area contributed by atoms with E-state index in [1.165, 1.54) is 0 Å². The number of halogens is 3. The highest BCUT2D eigenvalue weighted by Gasteiger charge is 2.41. The maximum absolute atomic E-state index is 12.3. The molecule has 0 spiro atoms. The van der Waals surface area contributed by atoms with Crippen LogP contribution in [0.3, 0.4) is 0 Å². The highest BCUT2D eigenvalue weighted by molar-refractivity contribution is 5.75. The number of hydrogen-bond acceptors (Lipinski definition) is 1. The van der Waals surface area contributed by atoms with Gasteiger partial charge in [0.25, 0.3) is 0 Å². The smallest absolute Gasteiger partial charge is 0.335 e. The molecule has 2 fully saturated rings. The van der Waals surface area contributed by atoms with Crippen LogP contribution in [-0.4, -0.2) is 35.7 Å². The first-order valence-electron chi connectivity index (χ1n) is 5.59. The minimum atomic E-state index is -4.31. The average molecular weight is 236 g/mol. The predicted molar refractivity (Wildman–Crippen MR) is 52.0 cm³/mol. The highest BCUT2D eigenvalue weighted by Crippen LogP contribution is 2.30. The zero-order valence-electron chi connectivity index (χ0n) is 8.89. The molecular weight excluding hydrogens is 221 g/mol. The molecule has 2 aliphatic rings. The summed E-state index contributed by atoms with van der Waals surface area (Å²) in [4.78, 5) is 12.5. The van der Waals surface area contributed by atoms with Gasteiger partial charge < -0.3 is 10.2 Å². The summed E-state index contributed by atoms with van der Waals surface area (Å²) in [5.74, 6) is 0. The van der Waals surface area contributed by atoms with Gasteiger partial charge in [0.2, 0.25) is 0 Å². The van der Waals surface area contributed by atoms with E-state index in [1.807, 2.05) is 0 Å². The molecule has 2 saturated carbocycles. The number of rotatable bonds is 3. The van der Waals surface area contributed by atoms with E-state index < -0.39 is 18.8 Å². The van der Waals surface area contributed by atoms with Crippen molar-refractivity contribution in [3.8, 4) is 0 Å². The number of carbonyl (C=O) groups is 1. The molecule has 0 atom stereocenters. The Bertz CT molecular complexity index is 272. The summed E-state index contributed by atoms with van der Waals surface area (Å²) in [7, 11) is 0. The van der Waals surface area contributed by atoms with Crippen LogP contribution in [0.5, 0.6) is 0 Å². The predicted octanol–water partition coefficient (Wildman–Crippen LogP) is 2.28. The summed E-state index contributed by atoms with van der Waals surface area (Å²) in [5.41, 5.74) is 0. The normalized spacial score (nSPS) is 21.4. The first-order valence-corrected chi connectivity index (χ1v) is 5.59. The Kier molecular flexibility index (Phi) is 2.99. The van der Waals surface area contributed by atoms with Crippen LogP contribution >= 0.6 is 0 Å². The molecule has 2 rings (SSSR count). The van der Waals surface area contributed by atoms with Crippen LogP contribution in [0.4, 0.5) is 18.0 Å². The van der Waals surface area contributed by atoms with Crippen molar-refractivity contribution >= 4 is 6.03 Å². The molecule has 3 nitrogen and oxygen atoms in total. The summed E-state index contributed by atoms with van der Waals surface area (Å²) in [5, 5.41) is 2.65.